The number of fused-ring (bicyclic) bond motifs is 1. The van der Waals surface area contributed by atoms with Gasteiger partial charge in [-0.2, -0.15) is 0 Å². The Labute approximate surface area is 164 Å². The summed E-state index contributed by atoms with van der Waals surface area (Å²) in [4.78, 5) is 25.2. The van der Waals surface area contributed by atoms with Gasteiger partial charge in [0.1, 0.15) is 16.4 Å². The largest absolute Gasteiger partial charge is 0.497 e. The Bertz CT molecular complexity index is 1060. The minimum atomic E-state index is -1.08. The average molecular weight is 397 g/mol. The van der Waals surface area contributed by atoms with Gasteiger partial charge in [0.15, 0.2) is 0 Å². The van der Waals surface area contributed by atoms with Crippen LogP contribution in [0.1, 0.15) is 32.5 Å². The van der Waals surface area contributed by atoms with Crippen LogP contribution < -0.4 is 10.1 Å². The molecule has 2 heterocycles. The fourth-order valence-corrected chi connectivity index (χ4v) is 4.68. The number of benzene rings is 2. The molecule has 5 nitrogen and oxygen atoms in total. The van der Waals surface area contributed by atoms with Crippen LogP contribution in [-0.2, 0) is 4.79 Å². The number of amides is 1. The van der Waals surface area contributed by atoms with Crippen LogP contribution in [0.2, 0.25) is 0 Å². The lowest BCUT2D eigenvalue weighted by Crippen LogP contribution is -2.22. The Morgan fingerprint density at radius 2 is 1.86 bits per heavy atom. The first-order valence-corrected chi connectivity index (χ1v) is 9.39. The smallest absolute Gasteiger partial charge is 0.346 e. The molecule has 0 saturated carbocycles. The van der Waals surface area contributed by atoms with Crippen LogP contribution in [0.25, 0.3) is 11.1 Å². The number of rotatable bonds is 4. The zero-order chi connectivity index (χ0) is 19.8. The Morgan fingerprint density at radius 3 is 2.46 bits per heavy atom. The molecule has 28 heavy (non-hydrogen) atoms. The van der Waals surface area contributed by atoms with Gasteiger partial charge in [-0.15, -0.1) is 11.3 Å². The molecule has 0 saturated heterocycles. The van der Waals surface area contributed by atoms with Crippen LogP contribution in [0.15, 0.2) is 48.5 Å². The normalized spacial score (nSPS) is 15.6. The summed E-state index contributed by atoms with van der Waals surface area (Å²) in [6.07, 6.45) is 0.224. The van der Waals surface area contributed by atoms with E-state index in [2.05, 4.69) is 5.32 Å². The molecule has 7 heteroatoms. The van der Waals surface area contributed by atoms with Crippen molar-refractivity contribution in [2.75, 3.05) is 12.4 Å². The van der Waals surface area contributed by atoms with Gasteiger partial charge in [-0.25, -0.2) is 9.18 Å². The number of carboxylic acid groups (broad SMARTS) is 1. The lowest BCUT2D eigenvalue weighted by atomic mass is 9.88. The van der Waals surface area contributed by atoms with E-state index in [1.165, 1.54) is 24.3 Å². The molecule has 0 bridgehead atoms. The number of hydrogen-bond donors (Lipinski definition) is 2. The predicted octanol–water partition coefficient (Wildman–Crippen LogP) is 4.74. The van der Waals surface area contributed by atoms with Gasteiger partial charge in [0, 0.05) is 22.8 Å². The third-order valence-electron chi connectivity index (χ3n) is 4.75. The molecular weight excluding hydrogens is 381 g/mol. The van der Waals surface area contributed by atoms with Crippen LogP contribution in [0, 0.1) is 5.82 Å². The number of ether oxygens (including phenoxy) is 1. The fourth-order valence-electron chi connectivity index (χ4n) is 3.43. The van der Waals surface area contributed by atoms with Gasteiger partial charge in [0.25, 0.3) is 0 Å². The highest BCUT2D eigenvalue weighted by Crippen LogP contribution is 2.49. The van der Waals surface area contributed by atoms with Crippen LogP contribution in [-0.4, -0.2) is 24.1 Å². The number of carbonyl (C=O) groups is 2. The molecule has 0 aliphatic carbocycles. The number of hydrogen-bond acceptors (Lipinski definition) is 4. The van der Waals surface area contributed by atoms with E-state index in [1.54, 1.807) is 7.11 Å². The maximum absolute atomic E-state index is 13.3. The molecule has 1 amide bonds. The first kappa shape index (κ1) is 18.2. The molecule has 1 aliphatic rings. The van der Waals surface area contributed by atoms with Gasteiger partial charge in [0.05, 0.1) is 12.8 Å². The van der Waals surface area contributed by atoms with Crippen LogP contribution in [0.4, 0.5) is 10.1 Å². The molecule has 4 rings (SSSR count). The molecule has 3 aromatic rings. The van der Waals surface area contributed by atoms with E-state index in [1.807, 2.05) is 24.3 Å². The van der Waals surface area contributed by atoms with E-state index in [4.69, 9.17) is 4.74 Å². The van der Waals surface area contributed by atoms with Gasteiger partial charge >= 0.3 is 5.97 Å². The summed E-state index contributed by atoms with van der Waals surface area (Å²) in [6, 6.07) is 13.0. The van der Waals surface area contributed by atoms with Gasteiger partial charge in [-0.1, -0.05) is 24.3 Å². The molecule has 142 valence electrons. The van der Waals surface area contributed by atoms with E-state index in [9.17, 15) is 19.1 Å². The summed E-state index contributed by atoms with van der Waals surface area (Å²) < 4.78 is 18.5. The maximum atomic E-state index is 13.3. The number of nitrogens with one attached hydrogen (secondary N) is 1. The third kappa shape index (κ3) is 3.14. The van der Waals surface area contributed by atoms with E-state index in [-0.39, 0.29) is 23.1 Å². The standard InChI is InChI=1S/C21H16FNO4S/c1-27-14-8-4-11(5-9-14)15-10-16(24)23-18-17(12-2-6-13(22)7-3-12)20(21(25)26)28-19(15)18/h2-9,15H,10H2,1H3,(H,23,24)(H,25,26)/t15-/m0/s1. The first-order chi connectivity index (χ1) is 13.5. The highest BCUT2D eigenvalue weighted by molar-refractivity contribution is 7.15. The Kier molecular flexibility index (Phi) is 4.60. The highest BCUT2D eigenvalue weighted by Gasteiger charge is 2.34. The molecule has 2 N–H and O–H groups in total. The molecule has 1 aliphatic heterocycles. The van der Waals surface area contributed by atoms with Crippen molar-refractivity contribution in [3.63, 3.8) is 0 Å². The fraction of sp³-hybridized carbons (Fsp3) is 0.143. The highest BCUT2D eigenvalue weighted by atomic mass is 32.1. The summed E-state index contributed by atoms with van der Waals surface area (Å²) in [5.74, 6) is -1.24. The topological polar surface area (TPSA) is 75.6 Å². The van der Waals surface area contributed by atoms with Crippen molar-refractivity contribution in [2.45, 2.75) is 12.3 Å². The number of halogens is 1. The van der Waals surface area contributed by atoms with Crippen molar-refractivity contribution in [3.05, 3.63) is 69.7 Å². The molecule has 0 fully saturated rings. The zero-order valence-corrected chi connectivity index (χ0v) is 15.7. The van der Waals surface area contributed by atoms with Crippen molar-refractivity contribution >= 4 is 28.9 Å². The van der Waals surface area contributed by atoms with Crippen molar-refractivity contribution in [1.82, 2.24) is 0 Å². The first-order valence-electron chi connectivity index (χ1n) is 8.57. The quantitative estimate of drug-likeness (QED) is 0.667. The Hall–Kier alpha value is -3.19. The Balaban J connectivity index is 1.89. The third-order valence-corrected chi connectivity index (χ3v) is 6.04. The number of thiophene rings is 1. The SMILES string of the molecule is COc1ccc([C@@H]2CC(=O)Nc3c2sc(C(=O)O)c3-c2ccc(F)cc2)cc1. The van der Waals surface area contributed by atoms with Gasteiger partial charge in [-0.05, 0) is 35.4 Å². The molecular formula is C21H16FNO4S. The summed E-state index contributed by atoms with van der Waals surface area (Å²) in [5, 5.41) is 12.6. The van der Waals surface area contributed by atoms with E-state index in [0.29, 0.717) is 22.6 Å². The molecule has 0 radical (unpaired) electrons. The van der Waals surface area contributed by atoms with Gasteiger partial charge in [-0.3, -0.25) is 4.79 Å². The Morgan fingerprint density at radius 1 is 1.18 bits per heavy atom. The van der Waals surface area contributed by atoms with Crippen molar-refractivity contribution < 1.29 is 23.8 Å². The van der Waals surface area contributed by atoms with Crippen molar-refractivity contribution in [1.29, 1.82) is 0 Å². The summed E-state index contributed by atoms with van der Waals surface area (Å²) in [5.41, 5.74) is 2.36. The average Bonchev–Trinajstić information content (AvgIpc) is 3.07. The number of methoxy groups -OCH3 is 1. The van der Waals surface area contributed by atoms with Gasteiger partial charge < -0.3 is 15.2 Å². The van der Waals surface area contributed by atoms with Crippen LogP contribution >= 0.6 is 11.3 Å². The minimum absolute atomic E-state index is 0.123. The molecule has 0 unspecified atom stereocenters. The minimum Gasteiger partial charge on any atom is -0.497 e. The van der Waals surface area contributed by atoms with Gasteiger partial charge in [0.2, 0.25) is 5.91 Å². The lowest BCUT2D eigenvalue weighted by molar-refractivity contribution is -0.116. The van der Waals surface area contributed by atoms with E-state index in [0.717, 1.165) is 21.8 Å². The maximum Gasteiger partial charge on any atom is 0.346 e. The lowest BCUT2D eigenvalue weighted by Gasteiger charge is -2.24. The molecule has 0 spiro atoms. The van der Waals surface area contributed by atoms with Crippen molar-refractivity contribution in [3.8, 4) is 16.9 Å². The number of carboxylic acids is 1. The molecule has 2 aromatic carbocycles. The number of carbonyl (C=O) groups excluding carboxylic acids is 1. The number of aromatic carboxylic acids is 1. The zero-order valence-electron chi connectivity index (χ0n) is 14.9. The second-order valence-electron chi connectivity index (χ2n) is 6.44. The van der Waals surface area contributed by atoms with Crippen LogP contribution in [0.3, 0.4) is 0 Å². The molecule has 1 aromatic heterocycles. The van der Waals surface area contributed by atoms with E-state index >= 15 is 0 Å². The van der Waals surface area contributed by atoms with Crippen molar-refractivity contribution in [2.24, 2.45) is 0 Å². The summed E-state index contributed by atoms with van der Waals surface area (Å²) >= 11 is 1.14. The summed E-state index contributed by atoms with van der Waals surface area (Å²) in [6.45, 7) is 0. The monoisotopic (exact) mass is 397 g/mol. The van der Waals surface area contributed by atoms with E-state index < -0.39 is 11.8 Å². The second kappa shape index (κ2) is 7.09. The second-order valence-corrected chi connectivity index (χ2v) is 7.49. The molecule has 1 atom stereocenters. The number of anilines is 1. The summed E-state index contributed by atoms with van der Waals surface area (Å²) in [7, 11) is 1.58. The van der Waals surface area contributed by atoms with Crippen LogP contribution in [0.5, 0.6) is 5.75 Å². The predicted molar refractivity (Wildman–Crippen MR) is 105 cm³/mol.